The second-order valence-corrected chi connectivity index (χ2v) is 5.39. The molecule has 1 fully saturated rings. The Bertz CT molecular complexity index is 642. The first-order valence-electron chi connectivity index (χ1n) is 6.62. The quantitative estimate of drug-likeness (QED) is 0.628. The Morgan fingerprint density at radius 1 is 1.45 bits per heavy atom. The number of carbonyl (C=O) groups excluding carboxylic acids is 1. The molecule has 3 rings (SSSR count). The van der Waals surface area contributed by atoms with Crippen molar-refractivity contribution in [1.82, 2.24) is 19.7 Å². The normalized spacial score (nSPS) is 22.9. The lowest BCUT2D eigenvalue weighted by molar-refractivity contribution is -0.147. The molecule has 7 heteroatoms. The Labute approximate surface area is 121 Å². The van der Waals surface area contributed by atoms with Gasteiger partial charge in [0, 0.05) is 6.20 Å². The molecule has 0 saturated heterocycles. The van der Waals surface area contributed by atoms with Crippen molar-refractivity contribution in [2.75, 3.05) is 7.11 Å². The summed E-state index contributed by atoms with van der Waals surface area (Å²) >= 11 is 5.85. The van der Waals surface area contributed by atoms with Crippen molar-refractivity contribution < 1.29 is 9.53 Å². The monoisotopic (exact) mass is 294 g/mol. The lowest BCUT2D eigenvalue weighted by atomic mass is 9.86. The zero-order valence-corrected chi connectivity index (χ0v) is 11.9. The predicted octanol–water partition coefficient (Wildman–Crippen LogP) is 2.38. The van der Waals surface area contributed by atoms with E-state index in [1.807, 2.05) is 4.68 Å². The summed E-state index contributed by atoms with van der Waals surface area (Å²) in [6.45, 7) is 0. The van der Waals surface area contributed by atoms with Crippen molar-refractivity contribution in [3.8, 4) is 0 Å². The summed E-state index contributed by atoms with van der Waals surface area (Å²) in [7, 11) is 1.43. The Morgan fingerprint density at radius 3 is 3.10 bits per heavy atom. The molecule has 2 unspecified atom stereocenters. The minimum absolute atomic E-state index is 0.0599. The van der Waals surface area contributed by atoms with Crippen molar-refractivity contribution in [1.29, 1.82) is 0 Å². The second kappa shape index (κ2) is 5.36. The molecule has 106 valence electrons. The molecule has 0 radical (unpaired) electrons. The van der Waals surface area contributed by atoms with Crippen LogP contribution in [0.2, 0.25) is 5.28 Å². The molecule has 2 aromatic heterocycles. The number of ether oxygens (including phenoxy) is 1. The van der Waals surface area contributed by atoms with Crippen LogP contribution in [0.4, 0.5) is 0 Å². The van der Waals surface area contributed by atoms with Gasteiger partial charge in [0.25, 0.3) is 0 Å². The van der Waals surface area contributed by atoms with Crippen molar-refractivity contribution in [2.45, 2.75) is 31.7 Å². The summed E-state index contributed by atoms with van der Waals surface area (Å²) in [5.74, 6) is -0.200. The average molecular weight is 295 g/mol. The number of nitrogens with zero attached hydrogens (tertiary/aromatic N) is 4. The minimum atomic E-state index is -0.140. The summed E-state index contributed by atoms with van der Waals surface area (Å²) in [5.41, 5.74) is 0.723. The number of aromatic nitrogens is 4. The number of rotatable bonds is 2. The van der Waals surface area contributed by atoms with E-state index in [9.17, 15) is 4.79 Å². The largest absolute Gasteiger partial charge is 0.469 e. The summed E-state index contributed by atoms with van der Waals surface area (Å²) < 4.78 is 6.71. The molecule has 0 amide bonds. The van der Waals surface area contributed by atoms with Crippen molar-refractivity contribution in [3.05, 3.63) is 17.7 Å². The fourth-order valence-electron chi connectivity index (χ4n) is 2.85. The number of hydrogen-bond donors (Lipinski definition) is 0. The number of esters is 1. The van der Waals surface area contributed by atoms with E-state index in [0.717, 1.165) is 36.7 Å². The highest BCUT2D eigenvalue weighted by atomic mass is 35.5. The topological polar surface area (TPSA) is 69.9 Å². The maximum absolute atomic E-state index is 11.7. The van der Waals surface area contributed by atoms with Gasteiger partial charge in [-0.25, -0.2) is 9.67 Å². The third-order valence-electron chi connectivity index (χ3n) is 3.83. The van der Waals surface area contributed by atoms with Crippen molar-refractivity contribution >= 4 is 28.6 Å². The van der Waals surface area contributed by atoms with E-state index in [1.165, 1.54) is 7.11 Å². The molecule has 1 aliphatic rings. The zero-order valence-electron chi connectivity index (χ0n) is 11.1. The molecule has 2 atom stereocenters. The maximum atomic E-state index is 11.7. The molecule has 0 N–H and O–H groups in total. The fourth-order valence-corrected chi connectivity index (χ4v) is 2.98. The highest BCUT2D eigenvalue weighted by molar-refractivity contribution is 6.28. The van der Waals surface area contributed by atoms with Crippen LogP contribution in [-0.4, -0.2) is 32.8 Å². The molecule has 2 heterocycles. The lowest BCUT2D eigenvalue weighted by Gasteiger charge is -2.27. The summed E-state index contributed by atoms with van der Waals surface area (Å²) in [6, 6.07) is 0.149. The summed E-state index contributed by atoms with van der Waals surface area (Å²) in [4.78, 5) is 19.9. The first-order valence-corrected chi connectivity index (χ1v) is 7.00. The number of methoxy groups -OCH3 is 1. The van der Waals surface area contributed by atoms with E-state index in [1.54, 1.807) is 12.4 Å². The highest BCUT2D eigenvalue weighted by Crippen LogP contribution is 2.34. The van der Waals surface area contributed by atoms with Crippen LogP contribution in [0.15, 0.2) is 12.4 Å². The molecule has 0 spiro atoms. The van der Waals surface area contributed by atoms with Crippen LogP contribution in [-0.2, 0) is 9.53 Å². The highest BCUT2D eigenvalue weighted by Gasteiger charge is 2.30. The van der Waals surface area contributed by atoms with Crippen LogP contribution in [0.5, 0.6) is 0 Å². The van der Waals surface area contributed by atoms with Gasteiger partial charge in [0.2, 0.25) is 5.28 Å². The van der Waals surface area contributed by atoms with Gasteiger partial charge >= 0.3 is 5.97 Å². The van der Waals surface area contributed by atoms with Crippen molar-refractivity contribution in [2.24, 2.45) is 5.92 Å². The third kappa shape index (κ3) is 2.35. The van der Waals surface area contributed by atoms with Gasteiger partial charge in [0.15, 0.2) is 5.65 Å². The predicted molar refractivity (Wildman–Crippen MR) is 73.3 cm³/mol. The molecular formula is C13H15ClN4O2. The fraction of sp³-hybridized carbons (Fsp3) is 0.538. The second-order valence-electron chi connectivity index (χ2n) is 5.05. The summed E-state index contributed by atoms with van der Waals surface area (Å²) in [6.07, 6.45) is 6.95. The molecule has 0 aliphatic heterocycles. The Kier molecular flexibility index (Phi) is 3.56. The Balaban J connectivity index is 1.90. The van der Waals surface area contributed by atoms with Gasteiger partial charge in [0.05, 0.1) is 30.7 Å². The van der Waals surface area contributed by atoms with Crippen LogP contribution in [0.25, 0.3) is 11.0 Å². The molecule has 20 heavy (non-hydrogen) atoms. The number of hydrogen-bond acceptors (Lipinski definition) is 5. The number of fused-ring (bicyclic) bond motifs is 1. The molecule has 1 saturated carbocycles. The Morgan fingerprint density at radius 2 is 2.30 bits per heavy atom. The van der Waals surface area contributed by atoms with Crippen LogP contribution in [0.1, 0.15) is 31.7 Å². The van der Waals surface area contributed by atoms with Crippen molar-refractivity contribution in [3.63, 3.8) is 0 Å². The first-order chi connectivity index (χ1) is 9.69. The van der Waals surface area contributed by atoms with Gasteiger partial charge in [-0.2, -0.15) is 10.1 Å². The van der Waals surface area contributed by atoms with Crippen LogP contribution >= 0.6 is 11.6 Å². The molecule has 0 bridgehead atoms. The van der Waals surface area contributed by atoms with Gasteiger partial charge in [-0.3, -0.25) is 4.79 Å². The summed E-state index contributed by atoms with van der Waals surface area (Å²) in [5, 5.41) is 5.45. The third-order valence-corrected chi connectivity index (χ3v) is 4.01. The number of halogens is 1. The van der Waals surface area contributed by atoms with Gasteiger partial charge in [-0.15, -0.1) is 0 Å². The van der Waals surface area contributed by atoms with E-state index in [-0.39, 0.29) is 23.2 Å². The van der Waals surface area contributed by atoms with Gasteiger partial charge < -0.3 is 4.74 Å². The van der Waals surface area contributed by atoms with Gasteiger partial charge in [-0.05, 0) is 30.9 Å². The van der Waals surface area contributed by atoms with Gasteiger partial charge in [-0.1, -0.05) is 6.42 Å². The average Bonchev–Trinajstić information content (AvgIpc) is 2.89. The number of carbonyl (C=O) groups is 1. The molecule has 6 nitrogen and oxygen atoms in total. The van der Waals surface area contributed by atoms with E-state index >= 15 is 0 Å². The van der Waals surface area contributed by atoms with E-state index in [2.05, 4.69) is 15.1 Å². The SMILES string of the molecule is COC(=O)C1CCCC(n2ncc3cnc(Cl)nc32)C1. The first kappa shape index (κ1) is 13.3. The lowest BCUT2D eigenvalue weighted by Crippen LogP contribution is -2.26. The minimum Gasteiger partial charge on any atom is -0.469 e. The van der Waals surface area contributed by atoms with E-state index < -0.39 is 0 Å². The van der Waals surface area contributed by atoms with E-state index in [0.29, 0.717) is 0 Å². The molecule has 2 aromatic rings. The maximum Gasteiger partial charge on any atom is 0.308 e. The van der Waals surface area contributed by atoms with Crippen LogP contribution in [0.3, 0.4) is 0 Å². The standard InChI is InChI=1S/C13H15ClN4O2/c1-20-12(19)8-3-2-4-10(5-8)18-11-9(7-16-18)6-15-13(14)17-11/h6-8,10H,2-5H2,1H3. The van der Waals surface area contributed by atoms with E-state index in [4.69, 9.17) is 16.3 Å². The zero-order chi connectivity index (χ0) is 14.1. The van der Waals surface area contributed by atoms with Crippen LogP contribution < -0.4 is 0 Å². The Hall–Kier alpha value is -1.69. The smallest absolute Gasteiger partial charge is 0.308 e. The van der Waals surface area contributed by atoms with Gasteiger partial charge in [0.1, 0.15) is 0 Å². The van der Waals surface area contributed by atoms with Crippen LogP contribution in [0, 0.1) is 5.92 Å². The molecule has 1 aliphatic carbocycles. The molecule has 0 aromatic carbocycles. The molecular weight excluding hydrogens is 280 g/mol.